The zero-order valence-electron chi connectivity index (χ0n) is 8.75. The summed E-state index contributed by atoms with van der Waals surface area (Å²) in [6.07, 6.45) is 0. The number of carbonyl (C=O) groups excluding carboxylic acids is 1. The van der Waals surface area contributed by atoms with Gasteiger partial charge in [-0.2, -0.15) is 0 Å². The average Bonchev–Trinajstić information content (AvgIpc) is 2.44. The minimum atomic E-state index is -0.689. The molecule has 0 bridgehead atoms. The minimum absolute atomic E-state index is 0.0668. The Morgan fingerprint density at radius 2 is 2.07 bits per heavy atom. The molecule has 0 saturated heterocycles. The van der Waals surface area contributed by atoms with E-state index >= 15 is 0 Å². The Labute approximate surface area is 86.6 Å². The van der Waals surface area contributed by atoms with Crippen LogP contribution in [0.15, 0.2) is 13.6 Å². The van der Waals surface area contributed by atoms with E-state index in [2.05, 4.69) is 15.1 Å². The highest BCUT2D eigenvalue weighted by Crippen LogP contribution is 2.03. The topological polar surface area (TPSA) is 84.5 Å². The van der Waals surface area contributed by atoms with Crippen molar-refractivity contribution in [2.75, 3.05) is 13.1 Å². The Balaban J connectivity index is 2.23. The predicted molar refractivity (Wildman–Crippen MR) is 52.4 cm³/mol. The number of hydrogen-bond acceptors (Lipinski definition) is 5. The zero-order chi connectivity index (χ0) is 11.3. The summed E-state index contributed by atoms with van der Waals surface area (Å²) >= 11 is 0. The standard InChI is InChI=1S/C9H14N2O4/c1-6-8(15-9(13)14-6)5-10-3-4-11-7(2)12/h10H,3-5H2,1-2H3,(H,11,12). The first-order valence-corrected chi connectivity index (χ1v) is 4.64. The lowest BCUT2D eigenvalue weighted by atomic mass is 10.4. The molecule has 1 aromatic heterocycles. The molecule has 1 rings (SSSR count). The van der Waals surface area contributed by atoms with E-state index in [1.165, 1.54) is 6.92 Å². The van der Waals surface area contributed by atoms with Crippen LogP contribution in [0.4, 0.5) is 0 Å². The molecule has 1 amide bonds. The predicted octanol–water partition coefficient (Wildman–Crippen LogP) is -0.233. The smallest absolute Gasteiger partial charge is 0.396 e. The minimum Gasteiger partial charge on any atom is -0.396 e. The van der Waals surface area contributed by atoms with Gasteiger partial charge in [0.2, 0.25) is 5.91 Å². The van der Waals surface area contributed by atoms with Gasteiger partial charge in [-0.1, -0.05) is 0 Å². The van der Waals surface area contributed by atoms with Crippen molar-refractivity contribution in [1.82, 2.24) is 10.6 Å². The van der Waals surface area contributed by atoms with Crippen molar-refractivity contribution < 1.29 is 13.6 Å². The van der Waals surface area contributed by atoms with Crippen LogP contribution < -0.4 is 16.5 Å². The molecule has 0 radical (unpaired) electrons. The third-order valence-electron chi connectivity index (χ3n) is 1.80. The molecule has 15 heavy (non-hydrogen) atoms. The van der Waals surface area contributed by atoms with Gasteiger partial charge in [0.25, 0.3) is 0 Å². The van der Waals surface area contributed by atoms with E-state index in [0.29, 0.717) is 31.2 Å². The number of amides is 1. The monoisotopic (exact) mass is 214 g/mol. The second-order valence-electron chi connectivity index (χ2n) is 3.09. The summed E-state index contributed by atoms with van der Waals surface area (Å²) in [7, 11) is 0. The number of rotatable bonds is 5. The lowest BCUT2D eigenvalue weighted by molar-refractivity contribution is -0.118. The number of nitrogens with one attached hydrogen (secondary N) is 2. The lowest BCUT2D eigenvalue weighted by Crippen LogP contribution is -2.29. The van der Waals surface area contributed by atoms with Gasteiger partial charge < -0.3 is 19.5 Å². The van der Waals surface area contributed by atoms with Crippen molar-refractivity contribution in [2.45, 2.75) is 20.4 Å². The third-order valence-corrected chi connectivity index (χ3v) is 1.80. The number of aryl methyl sites for hydroxylation is 1. The largest absolute Gasteiger partial charge is 0.519 e. The summed E-state index contributed by atoms with van der Waals surface area (Å²) in [5.74, 6) is 0.212. The Morgan fingerprint density at radius 3 is 2.60 bits per heavy atom. The summed E-state index contributed by atoms with van der Waals surface area (Å²) < 4.78 is 9.45. The van der Waals surface area contributed by atoms with Crippen molar-refractivity contribution in [3.63, 3.8) is 0 Å². The van der Waals surface area contributed by atoms with Crippen molar-refractivity contribution in [3.05, 3.63) is 22.1 Å². The third kappa shape index (κ3) is 3.99. The molecule has 0 unspecified atom stereocenters. The number of hydrogen-bond donors (Lipinski definition) is 2. The lowest BCUT2D eigenvalue weighted by Gasteiger charge is -2.02. The summed E-state index contributed by atoms with van der Waals surface area (Å²) in [4.78, 5) is 21.2. The average molecular weight is 214 g/mol. The molecule has 0 fully saturated rings. The molecule has 0 aliphatic rings. The van der Waals surface area contributed by atoms with Crippen LogP contribution in [0.2, 0.25) is 0 Å². The second kappa shape index (κ2) is 5.35. The first-order chi connectivity index (χ1) is 7.09. The second-order valence-corrected chi connectivity index (χ2v) is 3.09. The first kappa shape index (κ1) is 11.5. The van der Waals surface area contributed by atoms with E-state index in [1.807, 2.05) is 0 Å². The summed E-state index contributed by atoms with van der Waals surface area (Å²) in [5.41, 5.74) is 0. The molecule has 6 heteroatoms. The van der Waals surface area contributed by atoms with E-state index < -0.39 is 5.82 Å². The molecule has 0 aromatic carbocycles. The molecule has 0 atom stereocenters. The molecule has 0 aliphatic carbocycles. The highest BCUT2D eigenvalue weighted by atomic mass is 16.6. The van der Waals surface area contributed by atoms with Crippen molar-refractivity contribution in [3.8, 4) is 0 Å². The van der Waals surface area contributed by atoms with E-state index in [0.717, 1.165) is 0 Å². The van der Waals surface area contributed by atoms with Crippen LogP contribution in [0.25, 0.3) is 0 Å². The quantitative estimate of drug-likeness (QED) is 0.661. The van der Waals surface area contributed by atoms with E-state index in [4.69, 9.17) is 4.42 Å². The molecule has 1 heterocycles. The van der Waals surface area contributed by atoms with Crippen LogP contribution in [0.5, 0.6) is 0 Å². The summed E-state index contributed by atoms with van der Waals surface area (Å²) in [5, 5.41) is 5.64. The van der Waals surface area contributed by atoms with Gasteiger partial charge in [-0.05, 0) is 6.92 Å². The van der Waals surface area contributed by atoms with Gasteiger partial charge in [0.15, 0.2) is 5.76 Å². The van der Waals surface area contributed by atoms with Crippen LogP contribution in [0, 0.1) is 6.92 Å². The van der Waals surface area contributed by atoms with Crippen LogP contribution >= 0.6 is 0 Å². The highest BCUT2D eigenvalue weighted by molar-refractivity contribution is 5.72. The number of carbonyl (C=O) groups is 1. The van der Waals surface area contributed by atoms with Crippen LogP contribution in [-0.2, 0) is 11.3 Å². The SMILES string of the molecule is CC(=O)NCCNCc1oc(=O)oc1C. The van der Waals surface area contributed by atoms with Gasteiger partial charge in [-0.25, -0.2) is 4.79 Å². The fraction of sp³-hybridized carbons (Fsp3) is 0.556. The molecular weight excluding hydrogens is 200 g/mol. The Kier molecular flexibility index (Phi) is 4.11. The van der Waals surface area contributed by atoms with Gasteiger partial charge in [-0.3, -0.25) is 4.79 Å². The van der Waals surface area contributed by atoms with Crippen molar-refractivity contribution in [1.29, 1.82) is 0 Å². The molecule has 84 valence electrons. The molecule has 2 N–H and O–H groups in total. The Morgan fingerprint density at radius 1 is 1.33 bits per heavy atom. The highest BCUT2D eigenvalue weighted by Gasteiger charge is 2.06. The van der Waals surface area contributed by atoms with Gasteiger partial charge >= 0.3 is 5.82 Å². The maximum atomic E-state index is 10.7. The summed E-state index contributed by atoms with van der Waals surface area (Å²) in [6, 6.07) is 0. The molecule has 0 spiro atoms. The Hall–Kier alpha value is -1.56. The van der Waals surface area contributed by atoms with Gasteiger partial charge in [0.05, 0.1) is 6.54 Å². The fourth-order valence-electron chi connectivity index (χ4n) is 1.06. The molecular formula is C9H14N2O4. The molecule has 6 nitrogen and oxygen atoms in total. The van der Waals surface area contributed by atoms with E-state index in [-0.39, 0.29) is 5.91 Å². The normalized spacial score (nSPS) is 10.3. The van der Waals surface area contributed by atoms with Crippen LogP contribution in [-0.4, -0.2) is 19.0 Å². The van der Waals surface area contributed by atoms with Gasteiger partial charge in [0, 0.05) is 20.0 Å². The Bertz CT molecular complexity index is 380. The van der Waals surface area contributed by atoms with E-state index in [9.17, 15) is 9.59 Å². The van der Waals surface area contributed by atoms with Crippen LogP contribution in [0.3, 0.4) is 0 Å². The zero-order valence-corrected chi connectivity index (χ0v) is 8.75. The van der Waals surface area contributed by atoms with Crippen molar-refractivity contribution in [2.24, 2.45) is 0 Å². The van der Waals surface area contributed by atoms with Crippen molar-refractivity contribution >= 4 is 5.91 Å². The fourth-order valence-corrected chi connectivity index (χ4v) is 1.06. The maximum absolute atomic E-state index is 10.7. The van der Waals surface area contributed by atoms with Crippen LogP contribution in [0.1, 0.15) is 18.4 Å². The first-order valence-electron chi connectivity index (χ1n) is 4.64. The molecule has 0 aliphatic heterocycles. The molecule has 1 aromatic rings. The summed E-state index contributed by atoms with van der Waals surface area (Å²) in [6.45, 7) is 4.68. The van der Waals surface area contributed by atoms with E-state index in [1.54, 1.807) is 6.92 Å². The van der Waals surface area contributed by atoms with Gasteiger partial charge in [0.1, 0.15) is 5.76 Å². The molecule has 0 saturated carbocycles. The van der Waals surface area contributed by atoms with Gasteiger partial charge in [-0.15, -0.1) is 0 Å². The maximum Gasteiger partial charge on any atom is 0.519 e.